The molecule has 0 saturated heterocycles. The van der Waals surface area contributed by atoms with Crippen LogP contribution in [0.1, 0.15) is 32.6 Å². The van der Waals surface area contributed by atoms with Crippen LogP contribution in [-0.4, -0.2) is 22.0 Å². The van der Waals surface area contributed by atoms with Gasteiger partial charge in [0.15, 0.2) is 0 Å². The topological polar surface area (TPSA) is 55.1 Å². The molecule has 1 aliphatic rings. The molecule has 3 N–H and O–H groups in total. The second-order valence-electron chi connectivity index (χ2n) is 3.31. The van der Waals surface area contributed by atoms with Crippen molar-refractivity contribution in [3.63, 3.8) is 0 Å². The van der Waals surface area contributed by atoms with Crippen LogP contribution in [0.5, 0.6) is 0 Å². The lowest BCUT2D eigenvalue weighted by Crippen LogP contribution is -2.47. The Morgan fingerprint density at radius 2 is 2.17 bits per heavy atom. The Morgan fingerprint density at radius 1 is 1.50 bits per heavy atom. The molecular weight excluding hydrogens is 172 g/mol. The number of hydrogen-bond donors (Lipinski definition) is 2. The van der Waals surface area contributed by atoms with Gasteiger partial charge < -0.3 is 5.73 Å². The van der Waals surface area contributed by atoms with Gasteiger partial charge in [0.05, 0.1) is 11.0 Å². The molecule has 1 unspecified atom stereocenters. The van der Waals surface area contributed by atoms with Gasteiger partial charge in [-0.05, 0) is 12.8 Å². The molecule has 0 radical (unpaired) electrons. The summed E-state index contributed by atoms with van der Waals surface area (Å²) in [6.45, 7) is 1.91. The lowest BCUT2D eigenvalue weighted by Gasteiger charge is -2.28. The third-order valence-electron chi connectivity index (χ3n) is 2.36. The zero-order chi connectivity index (χ0) is 8.97. The van der Waals surface area contributed by atoms with E-state index in [4.69, 9.17) is 5.73 Å². The molecule has 12 heavy (non-hydrogen) atoms. The summed E-state index contributed by atoms with van der Waals surface area (Å²) in [5.74, 6) is 0.670. The minimum absolute atomic E-state index is 0.203. The SMILES string of the molecule is CCS(=O)N[C@@H]1CCCC[C@H]1N. The van der Waals surface area contributed by atoms with Crippen LogP contribution in [0.3, 0.4) is 0 Å². The molecule has 1 saturated carbocycles. The Kier molecular flexibility index (Phi) is 4.18. The van der Waals surface area contributed by atoms with Gasteiger partial charge in [0.25, 0.3) is 0 Å². The van der Waals surface area contributed by atoms with Crippen molar-refractivity contribution >= 4 is 11.0 Å². The molecule has 1 fully saturated rings. The van der Waals surface area contributed by atoms with Crippen LogP contribution in [-0.2, 0) is 11.0 Å². The number of nitrogens with one attached hydrogen (secondary N) is 1. The second kappa shape index (κ2) is 4.94. The van der Waals surface area contributed by atoms with Gasteiger partial charge in [-0.1, -0.05) is 19.8 Å². The zero-order valence-electron chi connectivity index (χ0n) is 7.58. The van der Waals surface area contributed by atoms with E-state index in [2.05, 4.69) is 4.72 Å². The smallest absolute Gasteiger partial charge is 0.0915 e. The maximum absolute atomic E-state index is 11.2. The molecule has 72 valence electrons. The minimum Gasteiger partial charge on any atom is -0.326 e. The van der Waals surface area contributed by atoms with E-state index >= 15 is 0 Å². The molecule has 1 rings (SSSR count). The number of nitrogens with two attached hydrogens (primary N) is 1. The summed E-state index contributed by atoms with van der Waals surface area (Å²) in [5.41, 5.74) is 5.89. The summed E-state index contributed by atoms with van der Waals surface area (Å²) in [6, 6.07) is 0.480. The maximum Gasteiger partial charge on any atom is 0.0915 e. The van der Waals surface area contributed by atoms with E-state index in [9.17, 15) is 4.21 Å². The fourth-order valence-corrected chi connectivity index (χ4v) is 2.36. The van der Waals surface area contributed by atoms with Crippen molar-refractivity contribution in [1.82, 2.24) is 4.72 Å². The molecule has 4 heteroatoms. The van der Waals surface area contributed by atoms with E-state index in [1.165, 1.54) is 12.8 Å². The highest BCUT2D eigenvalue weighted by molar-refractivity contribution is 7.82. The second-order valence-corrected chi connectivity index (χ2v) is 4.81. The van der Waals surface area contributed by atoms with E-state index in [0.717, 1.165) is 12.8 Å². The third kappa shape index (κ3) is 2.84. The van der Waals surface area contributed by atoms with Gasteiger partial charge in [-0.25, -0.2) is 8.93 Å². The Balaban J connectivity index is 2.33. The summed E-state index contributed by atoms with van der Waals surface area (Å²) in [6.07, 6.45) is 4.58. The largest absolute Gasteiger partial charge is 0.326 e. The van der Waals surface area contributed by atoms with Crippen molar-refractivity contribution in [2.24, 2.45) is 5.73 Å². The van der Waals surface area contributed by atoms with Crippen molar-refractivity contribution < 1.29 is 4.21 Å². The zero-order valence-corrected chi connectivity index (χ0v) is 8.40. The van der Waals surface area contributed by atoms with Crippen LogP contribution in [0.4, 0.5) is 0 Å². The van der Waals surface area contributed by atoms with E-state index in [-0.39, 0.29) is 12.1 Å². The predicted molar refractivity (Wildman–Crippen MR) is 52.1 cm³/mol. The van der Waals surface area contributed by atoms with Crippen LogP contribution in [0, 0.1) is 0 Å². The first-order chi connectivity index (χ1) is 5.74. The van der Waals surface area contributed by atoms with E-state index in [1.807, 2.05) is 6.92 Å². The Bertz CT molecular complexity index is 163. The monoisotopic (exact) mass is 190 g/mol. The van der Waals surface area contributed by atoms with Gasteiger partial charge in [-0.2, -0.15) is 0 Å². The standard InChI is InChI=1S/C8H18N2OS/c1-2-12(11)10-8-6-4-3-5-7(8)9/h7-8,10H,2-6,9H2,1H3/t7-,8-,12?/m1/s1. The molecule has 3 nitrogen and oxygen atoms in total. The molecule has 0 aromatic heterocycles. The first-order valence-corrected chi connectivity index (χ1v) is 5.96. The lowest BCUT2D eigenvalue weighted by atomic mass is 9.92. The van der Waals surface area contributed by atoms with Gasteiger partial charge in [-0.3, -0.25) is 0 Å². The third-order valence-corrected chi connectivity index (χ3v) is 3.45. The number of hydrogen-bond acceptors (Lipinski definition) is 2. The summed E-state index contributed by atoms with van der Waals surface area (Å²) >= 11 is 0. The molecule has 0 heterocycles. The van der Waals surface area contributed by atoms with Crippen molar-refractivity contribution in [3.8, 4) is 0 Å². The molecular formula is C8H18N2OS. The molecule has 0 aliphatic heterocycles. The van der Waals surface area contributed by atoms with Crippen LogP contribution in [0.15, 0.2) is 0 Å². The molecule has 0 aromatic rings. The van der Waals surface area contributed by atoms with Crippen LogP contribution < -0.4 is 10.5 Å². The van der Waals surface area contributed by atoms with Crippen molar-refractivity contribution in [2.45, 2.75) is 44.7 Å². The normalized spacial score (nSPS) is 33.2. The van der Waals surface area contributed by atoms with Gasteiger partial charge in [-0.15, -0.1) is 0 Å². The summed E-state index contributed by atoms with van der Waals surface area (Å²) in [7, 11) is -0.875. The maximum atomic E-state index is 11.2. The average Bonchev–Trinajstić information content (AvgIpc) is 2.09. The first kappa shape index (κ1) is 10.2. The minimum atomic E-state index is -0.875. The van der Waals surface area contributed by atoms with Crippen molar-refractivity contribution in [1.29, 1.82) is 0 Å². The summed E-state index contributed by atoms with van der Waals surface area (Å²) < 4.78 is 14.2. The molecule has 0 spiro atoms. The summed E-state index contributed by atoms with van der Waals surface area (Å²) in [5, 5.41) is 0. The highest BCUT2D eigenvalue weighted by Gasteiger charge is 2.22. The van der Waals surface area contributed by atoms with Crippen molar-refractivity contribution in [3.05, 3.63) is 0 Å². The van der Waals surface area contributed by atoms with Crippen LogP contribution in [0.2, 0.25) is 0 Å². The van der Waals surface area contributed by atoms with Gasteiger partial charge in [0.1, 0.15) is 0 Å². The Morgan fingerprint density at radius 3 is 2.75 bits per heavy atom. The first-order valence-electron chi connectivity index (χ1n) is 4.64. The van der Waals surface area contributed by atoms with E-state index in [1.54, 1.807) is 0 Å². The van der Waals surface area contributed by atoms with E-state index < -0.39 is 11.0 Å². The molecule has 0 amide bonds. The Hall–Kier alpha value is 0.0700. The fraction of sp³-hybridized carbons (Fsp3) is 1.00. The quantitative estimate of drug-likeness (QED) is 0.682. The lowest BCUT2D eigenvalue weighted by molar-refractivity contribution is 0.366. The number of rotatable bonds is 3. The van der Waals surface area contributed by atoms with Gasteiger partial charge in [0, 0.05) is 17.8 Å². The fourth-order valence-electron chi connectivity index (χ4n) is 1.56. The highest BCUT2D eigenvalue weighted by atomic mass is 32.2. The van der Waals surface area contributed by atoms with Gasteiger partial charge >= 0.3 is 0 Å². The van der Waals surface area contributed by atoms with E-state index in [0.29, 0.717) is 5.75 Å². The highest BCUT2D eigenvalue weighted by Crippen LogP contribution is 2.16. The van der Waals surface area contributed by atoms with Gasteiger partial charge in [0.2, 0.25) is 0 Å². The van der Waals surface area contributed by atoms with Crippen LogP contribution >= 0.6 is 0 Å². The molecule has 0 bridgehead atoms. The summed E-state index contributed by atoms with van der Waals surface area (Å²) in [4.78, 5) is 0. The average molecular weight is 190 g/mol. The predicted octanol–water partition coefficient (Wildman–Crippen LogP) is 0.529. The Labute approximate surface area is 76.7 Å². The van der Waals surface area contributed by atoms with Crippen molar-refractivity contribution in [2.75, 3.05) is 5.75 Å². The molecule has 3 atom stereocenters. The molecule has 1 aliphatic carbocycles. The van der Waals surface area contributed by atoms with Crippen LogP contribution in [0.25, 0.3) is 0 Å². The molecule has 0 aromatic carbocycles.